The third-order valence-corrected chi connectivity index (χ3v) is 16.9. The summed E-state index contributed by atoms with van der Waals surface area (Å²) in [7, 11) is 1.19. The molecule has 486 valence electrons. The molecule has 0 saturated carbocycles. The fraction of sp³-hybridized carbons (Fsp3) is 0.836. The number of unbranched alkanes of at least 4 members (excludes halogenated alkanes) is 41. The maximum absolute atomic E-state index is 13.6. The molecule has 1 N–H and O–H groups in total. The molecule has 0 aliphatic carbocycles. The maximum atomic E-state index is 13.6. The quantitative estimate of drug-likeness (QED) is 0.0212. The van der Waals surface area contributed by atoms with Gasteiger partial charge < -0.3 is 28.5 Å². The van der Waals surface area contributed by atoms with Crippen LogP contribution in [0.1, 0.15) is 342 Å². The fourth-order valence-corrected chi connectivity index (χ4v) is 11.1. The highest BCUT2D eigenvalue weighted by molar-refractivity contribution is 7.45. The number of carbonyl (C=O) groups excluding carboxylic acids is 2. The number of hydrogen-bond donors (Lipinski definition) is 1. The zero-order valence-electron chi connectivity index (χ0n) is 55.7. The van der Waals surface area contributed by atoms with Crippen molar-refractivity contribution in [1.29, 1.82) is 0 Å². The molecule has 3 unspecified atom stereocenters. The number of phosphoric ester groups is 1. The van der Waals surface area contributed by atoms with Crippen LogP contribution in [0.5, 0.6) is 0 Å². The summed E-state index contributed by atoms with van der Waals surface area (Å²) in [5.74, 6) is -0.534. The van der Waals surface area contributed by atoms with Gasteiger partial charge in [0.25, 0.3) is 7.82 Å². The average Bonchev–Trinajstić information content (AvgIpc) is 3.47. The van der Waals surface area contributed by atoms with Crippen molar-refractivity contribution in [3.63, 3.8) is 0 Å². The minimum Gasteiger partial charge on any atom is -0.756 e. The Labute approximate surface area is 515 Å². The molecule has 0 saturated heterocycles. The lowest BCUT2D eigenvalue weighted by molar-refractivity contribution is -0.870. The Morgan fingerprint density at radius 1 is 0.422 bits per heavy atom. The van der Waals surface area contributed by atoms with Gasteiger partial charge in [-0.05, 0) is 96.0 Å². The van der Waals surface area contributed by atoms with Crippen molar-refractivity contribution in [3.8, 4) is 0 Å². The van der Waals surface area contributed by atoms with Crippen LogP contribution in [0.4, 0.5) is 0 Å². The topological polar surface area (TPSA) is 114 Å². The van der Waals surface area contributed by atoms with Crippen molar-refractivity contribution in [3.05, 3.63) is 60.8 Å². The highest BCUT2D eigenvalue weighted by Gasteiger charge is 2.27. The third-order valence-electron chi connectivity index (χ3n) is 15.9. The number of esters is 1. The number of nitrogens with zero attached hydrogens (tertiary/aromatic N) is 1. The average molecular weight is 1190 g/mol. The second-order valence-corrected chi connectivity index (χ2v) is 26.8. The summed E-state index contributed by atoms with van der Waals surface area (Å²) < 4.78 is 30.4. The van der Waals surface area contributed by atoms with E-state index in [1.165, 1.54) is 225 Å². The number of likely N-dealkylation sites (N-methyl/N-ethyl adjacent to an activating group) is 1. The molecule has 10 heteroatoms. The molecule has 0 heterocycles. The molecule has 0 radical (unpaired) electrons. The minimum atomic E-state index is -4.70. The number of quaternary nitrogens is 1. The lowest BCUT2D eigenvalue weighted by Crippen LogP contribution is -2.47. The summed E-state index contributed by atoms with van der Waals surface area (Å²) in [6, 6.07) is -0.891. The lowest BCUT2D eigenvalue weighted by Gasteiger charge is -2.30. The van der Waals surface area contributed by atoms with Gasteiger partial charge in [0.2, 0.25) is 5.91 Å². The SMILES string of the molecule is CCCCC/C=C\C/C=C\C/C=C\CCCCCCCCCCCCCCCCC(=O)NC(COP(=O)([O-])OCC[N+](C)(C)C)C(/C=C\CCCCCCCCCCCCC)OC(=O)CCCCCCCCC/C=C/CCCCCCCC. The zero-order chi connectivity index (χ0) is 60.7. The molecule has 1 amide bonds. The van der Waals surface area contributed by atoms with Crippen molar-refractivity contribution in [2.24, 2.45) is 0 Å². The molecular weight excluding hydrogens is 1050 g/mol. The molecule has 0 spiro atoms. The van der Waals surface area contributed by atoms with Gasteiger partial charge in [0.1, 0.15) is 19.3 Å². The van der Waals surface area contributed by atoms with E-state index in [0.29, 0.717) is 17.4 Å². The first-order valence-corrected chi connectivity index (χ1v) is 37.1. The Balaban J connectivity index is 5.05. The molecule has 0 bridgehead atoms. The first-order chi connectivity index (χ1) is 40.4. The number of nitrogens with one attached hydrogen (secondary N) is 1. The molecule has 0 aromatic heterocycles. The van der Waals surface area contributed by atoms with E-state index in [1.807, 2.05) is 33.3 Å². The molecule has 83 heavy (non-hydrogen) atoms. The highest BCUT2D eigenvalue weighted by atomic mass is 31.2. The molecule has 0 aliphatic heterocycles. The van der Waals surface area contributed by atoms with Crippen molar-refractivity contribution >= 4 is 19.7 Å². The summed E-state index contributed by atoms with van der Waals surface area (Å²) in [6.07, 6.45) is 80.5. The van der Waals surface area contributed by atoms with Crippen molar-refractivity contribution in [1.82, 2.24) is 5.32 Å². The number of amides is 1. The second kappa shape index (κ2) is 62.8. The van der Waals surface area contributed by atoms with Crippen LogP contribution in [0.15, 0.2) is 60.8 Å². The van der Waals surface area contributed by atoms with Gasteiger partial charge >= 0.3 is 5.97 Å². The van der Waals surface area contributed by atoms with Crippen molar-refractivity contribution in [2.45, 2.75) is 354 Å². The van der Waals surface area contributed by atoms with Gasteiger partial charge in [0.05, 0.1) is 33.8 Å². The van der Waals surface area contributed by atoms with E-state index in [9.17, 15) is 19.0 Å². The predicted octanol–water partition coefficient (Wildman–Crippen LogP) is 21.9. The molecule has 3 atom stereocenters. The summed E-state index contributed by atoms with van der Waals surface area (Å²) in [5.41, 5.74) is 0. The van der Waals surface area contributed by atoms with Crippen LogP contribution in [0.25, 0.3) is 0 Å². The molecule has 0 aromatic carbocycles. The van der Waals surface area contributed by atoms with E-state index >= 15 is 0 Å². The number of rotatable bonds is 65. The van der Waals surface area contributed by atoms with E-state index in [1.54, 1.807) is 0 Å². The smallest absolute Gasteiger partial charge is 0.306 e. The van der Waals surface area contributed by atoms with Gasteiger partial charge in [-0.1, -0.05) is 294 Å². The van der Waals surface area contributed by atoms with Crippen molar-refractivity contribution in [2.75, 3.05) is 40.9 Å². The first-order valence-electron chi connectivity index (χ1n) is 35.6. The standard InChI is InChI=1S/C73H137N2O7P/c1-7-10-13-16-19-22-25-28-30-32-33-34-35-36-37-38-39-40-41-43-44-47-50-53-56-59-62-65-72(76)74-70(69-81-83(78,79)80-68-67-75(4,5)6)71(64-61-58-55-52-49-46-27-24-21-18-15-12-9-3)82-73(77)66-63-60-57-54-51-48-45-42-31-29-26-23-20-17-14-11-8-2/h19,22,28-31,33-34,61,64,70-71H,7-18,20-21,23-27,32,35-60,62-63,65-69H2,1-6H3,(H-,74,76,78,79)/b22-19-,30-28-,31-29+,34-33-,64-61-. The zero-order valence-corrected chi connectivity index (χ0v) is 56.6. The minimum absolute atomic E-state index is 0.0227. The molecule has 0 aromatic rings. The van der Waals surface area contributed by atoms with Crippen LogP contribution in [0.3, 0.4) is 0 Å². The Bertz CT molecular complexity index is 1600. The molecule has 9 nitrogen and oxygen atoms in total. The largest absolute Gasteiger partial charge is 0.756 e. The maximum Gasteiger partial charge on any atom is 0.306 e. The molecule has 0 aliphatic rings. The van der Waals surface area contributed by atoms with Gasteiger partial charge in [0.15, 0.2) is 0 Å². The molecule has 0 rings (SSSR count). The van der Waals surface area contributed by atoms with Crippen LogP contribution in [0.2, 0.25) is 0 Å². The lowest BCUT2D eigenvalue weighted by atomic mass is 10.0. The van der Waals surface area contributed by atoms with Gasteiger partial charge in [-0.2, -0.15) is 0 Å². The van der Waals surface area contributed by atoms with E-state index in [-0.39, 0.29) is 31.5 Å². The van der Waals surface area contributed by atoms with Crippen LogP contribution >= 0.6 is 7.82 Å². The van der Waals surface area contributed by atoms with Crippen LogP contribution in [-0.2, 0) is 27.9 Å². The van der Waals surface area contributed by atoms with E-state index in [4.69, 9.17) is 13.8 Å². The summed E-state index contributed by atoms with van der Waals surface area (Å²) in [4.78, 5) is 40.2. The normalized spacial score (nSPS) is 13.9. The van der Waals surface area contributed by atoms with Gasteiger partial charge in [-0.3, -0.25) is 14.2 Å². The number of phosphoric acid groups is 1. The molecule has 0 fully saturated rings. The van der Waals surface area contributed by atoms with E-state index in [2.05, 4.69) is 74.7 Å². The third kappa shape index (κ3) is 64.0. The number of allylic oxidation sites excluding steroid dienone is 9. The molecular formula is C73H137N2O7P. The van der Waals surface area contributed by atoms with Crippen LogP contribution in [-0.4, -0.2) is 69.4 Å². The summed E-state index contributed by atoms with van der Waals surface area (Å²) >= 11 is 0. The van der Waals surface area contributed by atoms with Crippen molar-refractivity contribution < 1.29 is 37.3 Å². The van der Waals surface area contributed by atoms with Crippen LogP contribution in [0, 0.1) is 0 Å². The Kier molecular flexibility index (Phi) is 61.0. The Morgan fingerprint density at radius 2 is 0.735 bits per heavy atom. The number of carbonyl (C=O) groups is 2. The number of ether oxygens (including phenoxy) is 1. The van der Waals surface area contributed by atoms with Gasteiger partial charge in [-0.25, -0.2) is 0 Å². The summed E-state index contributed by atoms with van der Waals surface area (Å²) in [6.45, 7) is 6.85. The second-order valence-electron chi connectivity index (χ2n) is 25.4. The van der Waals surface area contributed by atoms with E-state index < -0.39 is 20.0 Å². The highest BCUT2D eigenvalue weighted by Crippen LogP contribution is 2.38. The first kappa shape index (κ1) is 80.7. The Hall–Kier alpha value is -2.29. The summed E-state index contributed by atoms with van der Waals surface area (Å²) in [5, 5.41) is 3.05. The predicted molar refractivity (Wildman–Crippen MR) is 358 cm³/mol. The number of hydrogen-bond acceptors (Lipinski definition) is 7. The fourth-order valence-electron chi connectivity index (χ4n) is 10.4. The van der Waals surface area contributed by atoms with Gasteiger partial charge in [0, 0.05) is 12.8 Å². The van der Waals surface area contributed by atoms with Gasteiger partial charge in [-0.15, -0.1) is 0 Å². The Morgan fingerprint density at radius 3 is 1.13 bits per heavy atom. The monoisotopic (exact) mass is 1190 g/mol. The van der Waals surface area contributed by atoms with Crippen LogP contribution < -0.4 is 10.2 Å². The van der Waals surface area contributed by atoms with E-state index in [0.717, 1.165) is 83.5 Å².